The molecule has 3 saturated heterocycles. The number of rotatable bonds is 4. The van der Waals surface area contributed by atoms with E-state index in [0.29, 0.717) is 24.3 Å². The van der Waals surface area contributed by atoms with Gasteiger partial charge in [-0.2, -0.15) is 0 Å². The minimum absolute atomic E-state index is 0.00385. The van der Waals surface area contributed by atoms with Crippen molar-refractivity contribution in [3.8, 4) is 10.6 Å². The Morgan fingerprint density at radius 2 is 2.07 bits per heavy atom. The lowest BCUT2D eigenvalue weighted by Crippen LogP contribution is -2.65. The lowest BCUT2D eigenvalue weighted by Gasteiger charge is -2.56. The molecule has 3 fully saturated rings. The zero-order valence-electron chi connectivity index (χ0n) is 17.0. The van der Waals surface area contributed by atoms with Crippen molar-refractivity contribution in [2.75, 3.05) is 19.7 Å². The van der Waals surface area contributed by atoms with Gasteiger partial charge < -0.3 is 10.0 Å². The molecule has 6 heteroatoms. The molecule has 4 heterocycles. The highest BCUT2D eigenvalue weighted by molar-refractivity contribution is 7.15. The van der Waals surface area contributed by atoms with Crippen molar-refractivity contribution in [2.45, 2.75) is 51.2 Å². The maximum atomic E-state index is 12.6. The summed E-state index contributed by atoms with van der Waals surface area (Å²) in [4.78, 5) is 23.2. The number of carbonyl (C=O) groups is 1. The summed E-state index contributed by atoms with van der Waals surface area (Å²) in [6.07, 6.45) is 5.90. The van der Waals surface area contributed by atoms with E-state index in [-0.39, 0.29) is 18.6 Å². The van der Waals surface area contributed by atoms with E-state index in [0.717, 1.165) is 43.9 Å². The lowest BCUT2D eigenvalue weighted by molar-refractivity contribution is -0.155. The Morgan fingerprint density at radius 1 is 1.24 bits per heavy atom. The van der Waals surface area contributed by atoms with Gasteiger partial charge in [-0.05, 0) is 43.6 Å². The maximum Gasteiger partial charge on any atom is 0.223 e. The molecule has 0 spiro atoms. The number of aliphatic hydroxyl groups excluding tert-OH is 1. The number of carbonyl (C=O) groups excluding carboxylic acids is 1. The van der Waals surface area contributed by atoms with Crippen molar-refractivity contribution in [2.24, 2.45) is 11.8 Å². The van der Waals surface area contributed by atoms with E-state index < -0.39 is 0 Å². The third-order valence-electron chi connectivity index (χ3n) is 7.07. The number of fused-ring (bicyclic) bond motifs is 4. The number of amides is 1. The van der Waals surface area contributed by atoms with Crippen LogP contribution in [0.1, 0.15) is 36.1 Å². The van der Waals surface area contributed by atoms with E-state index in [1.54, 1.807) is 11.3 Å². The normalized spacial score (nSPS) is 29.7. The first-order chi connectivity index (χ1) is 14.1. The predicted molar refractivity (Wildman–Crippen MR) is 115 cm³/mol. The van der Waals surface area contributed by atoms with Crippen LogP contribution in [0.25, 0.3) is 10.6 Å². The van der Waals surface area contributed by atoms with Gasteiger partial charge in [0.2, 0.25) is 5.91 Å². The number of aryl methyl sites for hydroxylation is 1. The molecule has 5 rings (SSSR count). The van der Waals surface area contributed by atoms with Gasteiger partial charge in [0.05, 0.1) is 12.6 Å². The topological polar surface area (TPSA) is 56.7 Å². The van der Waals surface area contributed by atoms with Gasteiger partial charge in [0.25, 0.3) is 0 Å². The molecule has 1 aromatic heterocycles. The predicted octanol–water partition coefficient (Wildman–Crippen LogP) is 3.31. The highest BCUT2D eigenvalue weighted by Gasteiger charge is 2.49. The van der Waals surface area contributed by atoms with Gasteiger partial charge in [0.1, 0.15) is 5.01 Å². The second-order valence-electron chi connectivity index (χ2n) is 8.91. The third kappa shape index (κ3) is 3.51. The molecule has 0 radical (unpaired) electrons. The van der Waals surface area contributed by atoms with E-state index in [2.05, 4.69) is 41.0 Å². The standard InChI is InChI=1S/C23H29N3O2S/c1-15-5-2-3-6-19(15)23-24-10-18(29-23)13-25-11-16-9-17(12-25)21(14-27)26-20(16)7-4-8-22(26)28/h2-3,5-6,10,16-17,20-21,27H,4,7-9,11-14H2,1H3/t16-,17+,20+,21+/m1/s1. The fourth-order valence-corrected chi connectivity index (χ4v) is 6.82. The van der Waals surface area contributed by atoms with Crippen LogP contribution in [-0.2, 0) is 11.3 Å². The molecule has 4 atom stereocenters. The maximum absolute atomic E-state index is 12.6. The first-order valence-corrected chi connectivity index (χ1v) is 11.6. The Bertz CT molecular complexity index is 884. The Balaban J connectivity index is 1.33. The van der Waals surface area contributed by atoms with Crippen LogP contribution in [-0.4, -0.2) is 57.6 Å². The number of benzene rings is 1. The monoisotopic (exact) mass is 411 g/mol. The minimum atomic E-state index is -0.00385. The fraction of sp³-hybridized carbons (Fsp3) is 0.565. The van der Waals surface area contributed by atoms with Gasteiger partial charge >= 0.3 is 0 Å². The van der Waals surface area contributed by atoms with Crippen LogP contribution < -0.4 is 0 Å². The second kappa shape index (κ2) is 7.82. The molecule has 29 heavy (non-hydrogen) atoms. The quantitative estimate of drug-likeness (QED) is 0.839. The zero-order valence-corrected chi connectivity index (χ0v) is 17.8. The second-order valence-corrected chi connectivity index (χ2v) is 10.0. The smallest absolute Gasteiger partial charge is 0.223 e. The molecule has 0 saturated carbocycles. The molecule has 3 aliphatic heterocycles. The van der Waals surface area contributed by atoms with Crippen LogP contribution in [0.15, 0.2) is 30.5 Å². The summed E-state index contributed by atoms with van der Waals surface area (Å²) < 4.78 is 0. The summed E-state index contributed by atoms with van der Waals surface area (Å²) in [5, 5.41) is 11.2. The van der Waals surface area contributed by atoms with Crippen LogP contribution in [0.4, 0.5) is 0 Å². The van der Waals surface area contributed by atoms with Crippen LogP contribution >= 0.6 is 11.3 Å². The SMILES string of the molecule is Cc1ccccc1-c1ncc(CN2C[C@H]3C[C@@H](C2)[C@H](CO)N2C(=O)CCC[C@@H]32)s1. The van der Waals surface area contributed by atoms with E-state index in [4.69, 9.17) is 4.98 Å². The van der Waals surface area contributed by atoms with Crippen LogP contribution in [0.5, 0.6) is 0 Å². The number of hydrogen-bond acceptors (Lipinski definition) is 5. The Morgan fingerprint density at radius 3 is 2.90 bits per heavy atom. The number of aromatic nitrogens is 1. The summed E-state index contributed by atoms with van der Waals surface area (Å²) in [7, 11) is 0. The molecule has 3 aliphatic rings. The third-order valence-corrected chi connectivity index (χ3v) is 8.08. The lowest BCUT2D eigenvalue weighted by atomic mass is 9.72. The average Bonchev–Trinajstić information content (AvgIpc) is 3.17. The molecule has 5 nitrogen and oxygen atoms in total. The Hall–Kier alpha value is -1.76. The van der Waals surface area contributed by atoms with Gasteiger partial charge in [-0.15, -0.1) is 11.3 Å². The van der Waals surface area contributed by atoms with E-state index in [9.17, 15) is 9.90 Å². The number of hydrogen-bond donors (Lipinski definition) is 1. The highest BCUT2D eigenvalue weighted by atomic mass is 32.1. The number of likely N-dealkylation sites (tertiary alicyclic amines) is 1. The zero-order chi connectivity index (χ0) is 20.0. The first-order valence-electron chi connectivity index (χ1n) is 10.8. The molecule has 1 N–H and O–H groups in total. The number of nitrogens with zero attached hydrogens (tertiary/aromatic N) is 3. The molecule has 1 amide bonds. The van der Waals surface area contributed by atoms with Crippen molar-refractivity contribution < 1.29 is 9.90 Å². The van der Waals surface area contributed by atoms with Crippen molar-refractivity contribution in [3.63, 3.8) is 0 Å². The van der Waals surface area contributed by atoms with Crippen LogP contribution in [0.2, 0.25) is 0 Å². The van der Waals surface area contributed by atoms with Gasteiger partial charge in [-0.25, -0.2) is 4.98 Å². The molecule has 2 aromatic rings. The van der Waals surface area contributed by atoms with E-state index >= 15 is 0 Å². The summed E-state index contributed by atoms with van der Waals surface area (Å²) >= 11 is 1.78. The molecule has 154 valence electrons. The van der Waals surface area contributed by atoms with Gasteiger partial charge in [-0.1, -0.05) is 24.3 Å². The van der Waals surface area contributed by atoms with Crippen molar-refractivity contribution in [1.29, 1.82) is 0 Å². The largest absolute Gasteiger partial charge is 0.394 e. The molecular weight excluding hydrogens is 382 g/mol. The molecule has 0 aliphatic carbocycles. The van der Waals surface area contributed by atoms with Crippen LogP contribution in [0.3, 0.4) is 0 Å². The van der Waals surface area contributed by atoms with Gasteiger partial charge in [0, 0.05) is 48.7 Å². The highest BCUT2D eigenvalue weighted by Crippen LogP contribution is 2.42. The number of thiazole rings is 1. The van der Waals surface area contributed by atoms with Crippen molar-refractivity contribution >= 4 is 17.2 Å². The van der Waals surface area contributed by atoms with E-state index in [1.807, 2.05) is 6.20 Å². The number of aliphatic hydroxyl groups is 1. The minimum Gasteiger partial charge on any atom is -0.394 e. The number of piperidine rings is 3. The molecule has 0 unspecified atom stereocenters. The Labute approximate surface area is 176 Å². The summed E-state index contributed by atoms with van der Waals surface area (Å²) in [6, 6.07) is 8.73. The molecule has 1 aromatic carbocycles. The van der Waals surface area contributed by atoms with E-state index in [1.165, 1.54) is 16.0 Å². The van der Waals surface area contributed by atoms with Crippen LogP contribution in [0, 0.1) is 18.8 Å². The fourth-order valence-electron chi connectivity index (χ4n) is 5.77. The van der Waals surface area contributed by atoms with Gasteiger partial charge in [0.15, 0.2) is 0 Å². The Kier molecular flexibility index (Phi) is 5.18. The average molecular weight is 412 g/mol. The summed E-state index contributed by atoms with van der Waals surface area (Å²) in [6.45, 7) is 5.13. The van der Waals surface area contributed by atoms with Gasteiger partial charge in [-0.3, -0.25) is 9.69 Å². The molecule has 2 bridgehead atoms. The summed E-state index contributed by atoms with van der Waals surface area (Å²) in [5.41, 5.74) is 2.48. The van der Waals surface area contributed by atoms with Crippen molar-refractivity contribution in [1.82, 2.24) is 14.8 Å². The van der Waals surface area contributed by atoms with Crippen molar-refractivity contribution in [3.05, 3.63) is 40.9 Å². The molecular formula is C23H29N3O2S. The summed E-state index contributed by atoms with van der Waals surface area (Å²) in [5.74, 6) is 1.17. The first kappa shape index (κ1) is 19.2.